The third-order valence-corrected chi connectivity index (χ3v) is 8.32. The number of allylic oxidation sites excluding steroid dienone is 11. The Balaban J connectivity index is 4.00. The minimum Gasteiger partial charge on any atom is -0.498 e. The van der Waals surface area contributed by atoms with Crippen molar-refractivity contribution in [1.29, 1.82) is 0 Å². The molecule has 0 rings (SSSR count). The lowest BCUT2D eigenvalue weighted by atomic mass is 10.0. The number of hydrogen-bond donors (Lipinski definition) is 2. The van der Waals surface area contributed by atoms with Gasteiger partial charge in [-0.15, -0.1) is 0 Å². The summed E-state index contributed by atoms with van der Waals surface area (Å²) in [5.74, 6) is -0.443. The summed E-state index contributed by atoms with van der Waals surface area (Å²) < 4.78 is 26.6. The van der Waals surface area contributed by atoms with E-state index >= 15 is 0 Å². The highest BCUT2D eigenvalue weighted by molar-refractivity contribution is 7.46. The van der Waals surface area contributed by atoms with Gasteiger partial charge in [-0.05, 0) is 63.9 Å². The largest absolute Gasteiger partial charge is 0.498 e. The highest BCUT2D eigenvalue weighted by Crippen LogP contribution is 2.35. The molecular formula is C41H71O7P. The van der Waals surface area contributed by atoms with Gasteiger partial charge in [0.15, 0.2) is 6.10 Å². The first kappa shape index (κ1) is 46.8. The summed E-state index contributed by atoms with van der Waals surface area (Å²) in [6.45, 7) is 3.94. The van der Waals surface area contributed by atoms with Crippen molar-refractivity contribution in [1.82, 2.24) is 0 Å². The van der Waals surface area contributed by atoms with Gasteiger partial charge < -0.3 is 19.3 Å². The lowest BCUT2D eigenvalue weighted by molar-refractivity contribution is -0.153. The summed E-state index contributed by atoms with van der Waals surface area (Å²) in [5, 5.41) is 0. The number of hydrogen-bond acceptors (Lipinski definition) is 5. The second-order valence-corrected chi connectivity index (χ2v) is 13.8. The van der Waals surface area contributed by atoms with Crippen LogP contribution in [0.1, 0.15) is 162 Å². The molecule has 8 heteroatoms. The zero-order valence-electron chi connectivity index (χ0n) is 31.1. The molecule has 282 valence electrons. The van der Waals surface area contributed by atoms with E-state index in [2.05, 4.69) is 73.1 Å². The molecular weight excluding hydrogens is 635 g/mol. The minimum atomic E-state index is -4.69. The van der Waals surface area contributed by atoms with E-state index in [1.807, 2.05) is 12.2 Å². The lowest BCUT2D eigenvalue weighted by Crippen LogP contribution is -2.27. The van der Waals surface area contributed by atoms with Crippen LogP contribution in [-0.4, -0.2) is 35.1 Å². The van der Waals surface area contributed by atoms with Gasteiger partial charge in [0.2, 0.25) is 0 Å². The van der Waals surface area contributed by atoms with E-state index in [1.54, 1.807) is 6.26 Å². The molecule has 0 aromatic heterocycles. The third kappa shape index (κ3) is 40.1. The predicted molar refractivity (Wildman–Crippen MR) is 206 cm³/mol. The number of carbonyl (C=O) groups excluding carboxylic acids is 1. The Bertz CT molecular complexity index is 961. The SMILES string of the molecule is CC/C=C\C/C=C\C/C=C\C/C=C\C/C=C\CCCC(=O)O[C@H](CO/C=C\CCCCCCCCCCCCCCCC)COP(=O)(O)O. The molecule has 0 aliphatic rings. The fraction of sp³-hybridized carbons (Fsp3) is 0.683. The fourth-order valence-electron chi connectivity index (χ4n) is 5.03. The summed E-state index contributed by atoms with van der Waals surface area (Å²) in [7, 11) is -4.69. The number of phosphoric acid groups is 1. The maximum atomic E-state index is 12.3. The molecule has 2 N–H and O–H groups in total. The van der Waals surface area contributed by atoms with E-state index in [9.17, 15) is 9.36 Å². The van der Waals surface area contributed by atoms with E-state index < -0.39 is 26.5 Å². The van der Waals surface area contributed by atoms with Crippen LogP contribution >= 0.6 is 7.82 Å². The maximum Gasteiger partial charge on any atom is 0.469 e. The zero-order valence-corrected chi connectivity index (χ0v) is 32.0. The molecule has 0 amide bonds. The van der Waals surface area contributed by atoms with Crippen LogP contribution in [0.15, 0.2) is 73.1 Å². The van der Waals surface area contributed by atoms with Crippen molar-refractivity contribution in [3.8, 4) is 0 Å². The summed E-state index contributed by atoms with van der Waals surface area (Å²) in [6, 6.07) is 0. The molecule has 7 nitrogen and oxygen atoms in total. The second-order valence-electron chi connectivity index (χ2n) is 12.6. The molecule has 0 saturated heterocycles. The maximum absolute atomic E-state index is 12.3. The molecule has 0 spiro atoms. The predicted octanol–water partition coefficient (Wildman–Crippen LogP) is 12.3. The number of ether oxygens (including phenoxy) is 2. The molecule has 0 unspecified atom stereocenters. The molecule has 0 fully saturated rings. The normalized spacial score (nSPS) is 13.4. The quantitative estimate of drug-likeness (QED) is 0.0222. The summed E-state index contributed by atoms with van der Waals surface area (Å²) in [4.78, 5) is 30.5. The lowest BCUT2D eigenvalue weighted by Gasteiger charge is -2.17. The fourth-order valence-corrected chi connectivity index (χ4v) is 5.39. The Labute approximate surface area is 300 Å². The first-order valence-electron chi connectivity index (χ1n) is 19.3. The Morgan fingerprint density at radius 1 is 0.571 bits per heavy atom. The first-order chi connectivity index (χ1) is 23.9. The number of rotatable bonds is 35. The van der Waals surface area contributed by atoms with Gasteiger partial charge in [0.1, 0.15) is 6.61 Å². The molecule has 0 aromatic rings. The van der Waals surface area contributed by atoms with E-state index in [4.69, 9.17) is 19.3 Å². The monoisotopic (exact) mass is 706 g/mol. The van der Waals surface area contributed by atoms with Crippen molar-refractivity contribution < 1.29 is 33.1 Å². The molecule has 49 heavy (non-hydrogen) atoms. The average molecular weight is 707 g/mol. The van der Waals surface area contributed by atoms with E-state index in [0.29, 0.717) is 6.42 Å². The van der Waals surface area contributed by atoms with Gasteiger partial charge in [0, 0.05) is 6.42 Å². The second kappa shape index (κ2) is 37.1. The number of unbranched alkanes of at least 4 members (excludes halogenated alkanes) is 15. The van der Waals surface area contributed by atoms with Crippen molar-refractivity contribution in [2.45, 2.75) is 168 Å². The molecule has 0 bridgehead atoms. The highest BCUT2D eigenvalue weighted by atomic mass is 31.2. The van der Waals surface area contributed by atoms with Crippen LogP contribution in [-0.2, 0) is 23.4 Å². The van der Waals surface area contributed by atoms with E-state index in [-0.39, 0.29) is 13.0 Å². The highest BCUT2D eigenvalue weighted by Gasteiger charge is 2.21. The van der Waals surface area contributed by atoms with Crippen LogP contribution in [0.3, 0.4) is 0 Å². The summed E-state index contributed by atoms with van der Waals surface area (Å²) in [6.07, 6.45) is 49.9. The summed E-state index contributed by atoms with van der Waals surface area (Å²) in [5.41, 5.74) is 0. The Morgan fingerprint density at radius 2 is 1.02 bits per heavy atom. The molecule has 0 radical (unpaired) electrons. The van der Waals surface area contributed by atoms with Crippen molar-refractivity contribution >= 4 is 13.8 Å². The third-order valence-electron chi connectivity index (χ3n) is 7.84. The Kier molecular flexibility index (Phi) is 35.4. The zero-order chi connectivity index (χ0) is 35.9. The van der Waals surface area contributed by atoms with Crippen LogP contribution in [0.5, 0.6) is 0 Å². The Morgan fingerprint density at radius 3 is 1.51 bits per heavy atom. The summed E-state index contributed by atoms with van der Waals surface area (Å²) >= 11 is 0. The standard InChI is InChI=1S/C41H71O7P/c1-3-5-7-9-11-13-15-17-19-21-22-24-26-28-30-32-34-36-41(42)48-40(39-47-49(43,44)45)38-46-37-35-33-31-29-27-25-23-20-18-16-14-12-10-8-6-4-2/h5,7,11,13,17,19,22,24,28,30,35,37,40H,3-4,6,8-10,12,14-16,18,20-21,23,25-27,29,31-34,36,38-39H2,1-2H3,(H2,43,44,45)/b7-5-,13-11-,19-17-,24-22-,30-28-,37-35-/t40-/m1/s1. The van der Waals surface area contributed by atoms with Crippen LogP contribution in [0.2, 0.25) is 0 Å². The van der Waals surface area contributed by atoms with Gasteiger partial charge in [-0.25, -0.2) is 4.57 Å². The number of phosphoric ester groups is 1. The molecule has 0 aliphatic carbocycles. The minimum absolute atomic E-state index is 0.0320. The van der Waals surface area contributed by atoms with Crippen molar-refractivity contribution in [3.05, 3.63) is 73.1 Å². The van der Waals surface area contributed by atoms with Crippen molar-refractivity contribution in [2.24, 2.45) is 0 Å². The molecule has 0 aliphatic heterocycles. The van der Waals surface area contributed by atoms with Crippen LogP contribution in [0.25, 0.3) is 0 Å². The van der Waals surface area contributed by atoms with Gasteiger partial charge >= 0.3 is 13.8 Å². The topological polar surface area (TPSA) is 102 Å². The van der Waals surface area contributed by atoms with E-state index in [1.165, 1.54) is 83.5 Å². The smallest absolute Gasteiger partial charge is 0.469 e. The van der Waals surface area contributed by atoms with Crippen molar-refractivity contribution in [2.75, 3.05) is 13.2 Å². The van der Waals surface area contributed by atoms with Crippen LogP contribution in [0, 0.1) is 0 Å². The van der Waals surface area contributed by atoms with Crippen LogP contribution in [0.4, 0.5) is 0 Å². The molecule has 1 atom stereocenters. The molecule has 0 heterocycles. The number of esters is 1. The van der Waals surface area contributed by atoms with Gasteiger partial charge in [0.25, 0.3) is 0 Å². The van der Waals surface area contributed by atoms with Gasteiger partial charge in [-0.3, -0.25) is 9.32 Å². The van der Waals surface area contributed by atoms with E-state index in [0.717, 1.165) is 51.4 Å². The Hall–Kier alpha value is -2.18. The van der Waals surface area contributed by atoms with Crippen LogP contribution < -0.4 is 0 Å². The molecule has 0 saturated carbocycles. The first-order valence-corrected chi connectivity index (χ1v) is 20.8. The average Bonchev–Trinajstić information content (AvgIpc) is 3.07. The number of carbonyl (C=O) groups is 1. The van der Waals surface area contributed by atoms with Gasteiger partial charge in [-0.1, -0.05) is 158 Å². The van der Waals surface area contributed by atoms with Crippen molar-refractivity contribution in [3.63, 3.8) is 0 Å². The molecule has 0 aromatic carbocycles. The van der Waals surface area contributed by atoms with Gasteiger partial charge in [-0.2, -0.15) is 0 Å². The van der Waals surface area contributed by atoms with Gasteiger partial charge in [0.05, 0.1) is 12.9 Å².